The van der Waals surface area contributed by atoms with Crippen LogP contribution in [0.25, 0.3) is 0 Å². The van der Waals surface area contributed by atoms with Crippen molar-refractivity contribution in [1.82, 2.24) is 4.98 Å². The lowest BCUT2D eigenvalue weighted by molar-refractivity contribution is -0.144. The van der Waals surface area contributed by atoms with E-state index in [1.807, 2.05) is 36.5 Å². The largest absolute Gasteiger partial charge is 0.489 e. The first-order chi connectivity index (χ1) is 19.0. The molecule has 6 rings (SSSR count). The molecule has 198 valence electrons. The second-order valence-electron chi connectivity index (χ2n) is 10.8. The summed E-state index contributed by atoms with van der Waals surface area (Å²) in [5, 5.41) is 14.3. The number of benzene rings is 3. The van der Waals surface area contributed by atoms with Gasteiger partial charge in [-0.05, 0) is 91.1 Å². The third-order valence-electron chi connectivity index (χ3n) is 8.65. The van der Waals surface area contributed by atoms with Crippen molar-refractivity contribution in [3.63, 3.8) is 0 Å². The van der Waals surface area contributed by atoms with Crippen LogP contribution in [0.5, 0.6) is 5.75 Å². The van der Waals surface area contributed by atoms with Crippen molar-refractivity contribution >= 4 is 23.3 Å². The van der Waals surface area contributed by atoms with Crippen molar-refractivity contribution in [2.45, 2.75) is 55.6 Å². The first-order valence-corrected chi connectivity index (χ1v) is 13.8. The maximum Gasteiger partial charge on any atom is 0.329 e. The number of nitrogens with one attached hydrogen (secondary N) is 1. The normalized spacial score (nSPS) is 23.8. The Hall–Kier alpha value is -3.83. The second kappa shape index (κ2) is 10.4. The number of aromatic nitrogens is 1. The summed E-state index contributed by atoms with van der Waals surface area (Å²) < 4.78 is 6.15. The van der Waals surface area contributed by atoms with E-state index in [0.717, 1.165) is 36.3 Å². The van der Waals surface area contributed by atoms with E-state index in [4.69, 9.17) is 16.3 Å². The molecule has 5 nitrogen and oxygen atoms in total. The van der Waals surface area contributed by atoms with Gasteiger partial charge in [0, 0.05) is 34.1 Å². The van der Waals surface area contributed by atoms with Gasteiger partial charge in [0.1, 0.15) is 17.9 Å². The number of pyridine rings is 1. The highest BCUT2D eigenvalue weighted by molar-refractivity contribution is 6.30. The maximum atomic E-state index is 12.7. The molecule has 0 bridgehead atoms. The van der Waals surface area contributed by atoms with E-state index in [9.17, 15) is 9.90 Å². The number of aliphatic carboxylic acids is 1. The Balaban J connectivity index is 1.29. The lowest BCUT2D eigenvalue weighted by Crippen LogP contribution is -2.52. The van der Waals surface area contributed by atoms with Crippen LogP contribution in [0.1, 0.15) is 53.9 Å². The van der Waals surface area contributed by atoms with Gasteiger partial charge >= 0.3 is 5.97 Å². The van der Waals surface area contributed by atoms with Crippen molar-refractivity contribution in [1.29, 1.82) is 0 Å². The summed E-state index contributed by atoms with van der Waals surface area (Å²) in [6.07, 6.45) is 7.11. The molecule has 1 spiro atoms. The fraction of sp³-hybridized carbons (Fsp3) is 0.273. The lowest BCUT2D eigenvalue weighted by Gasteiger charge is -2.47. The van der Waals surface area contributed by atoms with Crippen LogP contribution in [0.2, 0.25) is 5.02 Å². The topological polar surface area (TPSA) is 71.5 Å². The van der Waals surface area contributed by atoms with Crippen molar-refractivity contribution in [2.75, 3.05) is 5.32 Å². The zero-order chi connectivity index (χ0) is 26.9. The number of anilines is 1. The Kier molecular flexibility index (Phi) is 6.78. The van der Waals surface area contributed by atoms with Gasteiger partial charge in [-0.2, -0.15) is 0 Å². The molecule has 1 unspecified atom stereocenters. The third kappa shape index (κ3) is 4.87. The van der Waals surface area contributed by atoms with Crippen molar-refractivity contribution in [2.24, 2.45) is 0 Å². The minimum Gasteiger partial charge on any atom is -0.489 e. The fourth-order valence-corrected chi connectivity index (χ4v) is 6.86. The summed E-state index contributed by atoms with van der Waals surface area (Å²) in [5.74, 6) is 0.265. The van der Waals surface area contributed by atoms with Crippen LogP contribution in [-0.2, 0) is 23.2 Å². The number of nitrogens with zero attached hydrogens (tertiary/aromatic N) is 1. The zero-order valence-electron chi connectivity index (χ0n) is 21.6. The Morgan fingerprint density at radius 1 is 0.974 bits per heavy atom. The van der Waals surface area contributed by atoms with Crippen LogP contribution < -0.4 is 10.1 Å². The highest BCUT2D eigenvalue weighted by Gasteiger charge is 2.54. The first-order valence-electron chi connectivity index (χ1n) is 13.4. The second-order valence-corrected chi connectivity index (χ2v) is 11.3. The number of hydrogen-bond donors (Lipinski definition) is 2. The Morgan fingerprint density at radius 2 is 1.79 bits per heavy atom. The standard InChI is InChI=1S/C33H31ClN2O3/c34-26-9-4-10-27(20-26)36-33(31(37)38)15-13-32(14-16-33)29-12-2-1-7-25(29)19-30(32)24-8-3-11-28(18-24)39-22-23-6-5-17-35-21-23/h1-12,17-18,20-21,30,36H,13-16,19,22H2,(H,37,38). The van der Waals surface area contributed by atoms with Gasteiger partial charge in [-0.15, -0.1) is 0 Å². The van der Waals surface area contributed by atoms with Gasteiger partial charge in [-0.1, -0.05) is 60.1 Å². The van der Waals surface area contributed by atoms with Crippen LogP contribution in [0, 0.1) is 0 Å². The first kappa shape index (κ1) is 25.4. The van der Waals surface area contributed by atoms with Crippen molar-refractivity contribution in [3.8, 4) is 5.75 Å². The molecule has 0 radical (unpaired) electrons. The summed E-state index contributed by atoms with van der Waals surface area (Å²) >= 11 is 6.20. The molecule has 2 aliphatic rings. The molecular formula is C33H31ClN2O3. The number of ether oxygens (including phenoxy) is 1. The van der Waals surface area contributed by atoms with Crippen LogP contribution >= 0.6 is 11.6 Å². The smallest absolute Gasteiger partial charge is 0.329 e. The summed E-state index contributed by atoms with van der Waals surface area (Å²) in [4.78, 5) is 16.9. The van der Waals surface area contributed by atoms with Crippen molar-refractivity contribution < 1.29 is 14.6 Å². The highest BCUT2D eigenvalue weighted by atomic mass is 35.5. The minimum absolute atomic E-state index is 0.131. The van der Waals surface area contributed by atoms with E-state index in [0.29, 0.717) is 24.5 Å². The minimum atomic E-state index is -1.04. The summed E-state index contributed by atoms with van der Waals surface area (Å²) in [6, 6.07) is 28.3. The van der Waals surface area contributed by atoms with Gasteiger partial charge in [-0.3, -0.25) is 4.98 Å². The summed E-state index contributed by atoms with van der Waals surface area (Å²) in [7, 11) is 0. The van der Waals surface area contributed by atoms with Gasteiger partial charge in [0.25, 0.3) is 0 Å². The number of halogens is 1. The molecule has 1 atom stereocenters. The van der Waals surface area contributed by atoms with E-state index in [1.165, 1.54) is 16.7 Å². The van der Waals surface area contributed by atoms with Gasteiger partial charge in [0.15, 0.2) is 0 Å². The average Bonchev–Trinajstić information content (AvgIpc) is 3.28. The van der Waals surface area contributed by atoms with E-state index in [1.54, 1.807) is 18.3 Å². The zero-order valence-corrected chi connectivity index (χ0v) is 22.4. The Bertz CT molecular complexity index is 1480. The SMILES string of the molecule is O=C(O)C1(Nc2cccc(Cl)c2)CCC2(CC1)c1ccccc1CC2c1cccc(OCc2cccnc2)c1. The van der Waals surface area contributed by atoms with Crippen LogP contribution in [0.3, 0.4) is 0 Å². The number of fused-ring (bicyclic) bond motifs is 2. The molecule has 1 aromatic heterocycles. The molecule has 39 heavy (non-hydrogen) atoms. The molecule has 1 saturated carbocycles. The lowest BCUT2D eigenvalue weighted by atomic mass is 9.59. The van der Waals surface area contributed by atoms with Crippen LogP contribution in [0.15, 0.2) is 97.3 Å². The van der Waals surface area contributed by atoms with Crippen molar-refractivity contribution in [3.05, 3.63) is 125 Å². The third-order valence-corrected chi connectivity index (χ3v) is 8.88. The van der Waals surface area contributed by atoms with Gasteiger partial charge < -0.3 is 15.2 Å². The maximum absolute atomic E-state index is 12.7. The quantitative estimate of drug-likeness (QED) is 0.256. The molecule has 0 saturated heterocycles. The molecule has 6 heteroatoms. The number of rotatable bonds is 7. The molecule has 4 aromatic rings. The number of carboxylic acid groups (broad SMARTS) is 1. The molecule has 0 aliphatic heterocycles. The highest BCUT2D eigenvalue weighted by Crippen LogP contribution is 2.58. The predicted molar refractivity (Wildman–Crippen MR) is 153 cm³/mol. The van der Waals surface area contributed by atoms with Gasteiger partial charge in [0.2, 0.25) is 0 Å². The van der Waals surface area contributed by atoms with Crippen LogP contribution in [-0.4, -0.2) is 21.6 Å². The molecular weight excluding hydrogens is 508 g/mol. The Labute approximate surface area is 233 Å². The fourth-order valence-electron chi connectivity index (χ4n) is 6.67. The summed E-state index contributed by atoms with van der Waals surface area (Å²) in [5.41, 5.74) is 4.55. The predicted octanol–water partition coefficient (Wildman–Crippen LogP) is 7.40. The molecule has 1 heterocycles. The van der Waals surface area contributed by atoms with E-state index in [2.05, 4.69) is 52.8 Å². The molecule has 2 N–H and O–H groups in total. The average molecular weight is 539 g/mol. The van der Waals surface area contributed by atoms with E-state index >= 15 is 0 Å². The van der Waals surface area contributed by atoms with Crippen LogP contribution in [0.4, 0.5) is 5.69 Å². The van der Waals surface area contributed by atoms with Gasteiger partial charge in [-0.25, -0.2) is 4.79 Å². The number of carboxylic acids is 1. The van der Waals surface area contributed by atoms with Gasteiger partial charge in [0.05, 0.1) is 0 Å². The summed E-state index contributed by atoms with van der Waals surface area (Å²) in [6.45, 7) is 0.462. The molecule has 2 aliphatic carbocycles. The van der Waals surface area contributed by atoms with E-state index in [-0.39, 0.29) is 11.3 Å². The molecule has 0 amide bonds. The number of carbonyl (C=O) groups is 1. The van der Waals surface area contributed by atoms with E-state index < -0.39 is 11.5 Å². The molecule has 1 fully saturated rings. The molecule has 3 aromatic carbocycles. The monoisotopic (exact) mass is 538 g/mol. The number of hydrogen-bond acceptors (Lipinski definition) is 4. The Morgan fingerprint density at radius 3 is 2.56 bits per heavy atom.